The first kappa shape index (κ1) is 17.5. The predicted octanol–water partition coefficient (Wildman–Crippen LogP) is 2.87. The summed E-state index contributed by atoms with van der Waals surface area (Å²) in [6.45, 7) is 4.30. The lowest BCUT2D eigenvalue weighted by atomic mass is 10.2. The highest BCUT2D eigenvalue weighted by molar-refractivity contribution is 7.89. The Labute approximate surface area is 157 Å². The summed E-state index contributed by atoms with van der Waals surface area (Å²) < 4.78 is 25.0. The highest BCUT2D eigenvalue weighted by Gasteiger charge is 2.22. The van der Waals surface area contributed by atoms with E-state index in [9.17, 15) is 8.42 Å². The lowest BCUT2D eigenvalue weighted by Crippen LogP contribution is -2.46. The maximum Gasteiger partial charge on any atom is 0.240 e. The lowest BCUT2D eigenvalue weighted by Gasteiger charge is -2.36. The van der Waals surface area contributed by atoms with Crippen molar-refractivity contribution >= 4 is 37.1 Å². The molecule has 1 aromatic heterocycles. The van der Waals surface area contributed by atoms with E-state index in [1.54, 1.807) is 12.1 Å². The maximum atomic E-state index is 11.8. The maximum absolute atomic E-state index is 11.8. The Morgan fingerprint density at radius 3 is 2.38 bits per heavy atom. The molecule has 26 heavy (non-hydrogen) atoms. The van der Waals surface area contributed by atoms with E-state index < -0.39 is 10.0 Å². The second kappa shape index (κ2) is 7.00. The number of piperazine rings is 1. The fraction of sp³-hybridized carbons (Fsp3) is 0.263. The van der Waals surface area contributed by atoms with Crippen LogP contribution in [0.5, 0.6) is 0 Å². The van der Waals surface area contributed by atoms with Gasteiger partial charge in [0.1, 0.15) is 4.90 Å². The SMILES string of the molecule is NS(=O)(=O)c1ccccc1N1CCN(Cc2cc3ccccc3s2)CC1. The van der Waals surface area contributed by atoms with Gasteiger partial charge in [0.25, 0.3) is 0 Å². The van der Waals surface area contributed by atoms with Crippen LogP contribution in [0.2, 0.25) is 0 Å². The molecular weight excluding hydrogens is 366 g/mol. The van der Waals surface area contributed by atoms with Crippen LogP contribution in [0.15, 0.2) is 59.5 Å². The van der Waals surface area contributed by atoms with Gasteiger partial charge in [-0.2, -0.15) is 0 Å². The van der Waals surface area contributed by atoms with Crippen molar-refractivity contribution in [2.24, 2.45) is 5.14 Å². The van der Waals surface area contributed by atoms with E-state index in [1.807, 2.05) is 23.5 Å². The molecule has 0 radical (unpaired) electrons. The zero-order chi connectivity index (χ0) is 18.1. The van der Waals surface area contributed by atoms with E-state index in [1.165, 1.54) is 15.0 Å². The molecule has 4 rings (SSSR count). The quantitative estimate of drug-likeness (QED) is 0.748. The highest BCUT2D eigenvalue weighted by Crippen LogP contribution is 2.28. The van der Waals surface area contributed by atoms with Gasteiger partial charge in [-0.05, 0) is 29.7 Å². The molecule has 0 atom stereocenters. The van der Waals surface area contributed by atoms with Crippen molar-refractivity contribution in [3.05, 3.63) is 59.5 Å². The number of hydrogen-bond donors (Lipinski definition) is 1. The molecule has 5 nitrogen and oxygen atoms in total. The van der Waals surface area contributed by atoms with Gasteiger partial charge in [-0.25, -0.2) is 13.6 Å². The third kappa shape index (κ3) is 3.61. The van der Waals surface area contributed by atoms with Gasteiger partial charge in [0.05, 0.1) is 5.69 Å². The summed E-state index contributed by atoms with van der Waals surface area (Å²) in [5, 5.41) is 6.67. The number of primary sulfonamides is 1. The molecule has 2 aromatic carbocycles. The number of rotatable bonds is 4. The molecule has 0 spiro atoms. The van der Waals surface area contributed by atoms with Crippen molar-refractivity contribution in [2.45, 2.75) is 11.4 Å². The molecule has 1 fully saturated rings. The predicted molar refractivity (Wildman–Crippen MR) is 107 cm³/mol. The van der Waals surface area contributed by atoms with Crippen molar-refractivity contribution in [1.29, 1.82) is 0 Å². The minimum absolute atomic E-state index is 0.206. The van der Waals surface area contributed by atoms with Crippen LogP contribution in [0.4, 0.5) is 5.69 Å². The zero-order valence-corrected chi connectivity index (χ0v) is 16.0. The molecule has 1 aliphatic rings. The average molecular weight is 388 g/mol. The van der Waals surface area contributed by atoms with Crippen molar-refractivity contribution < 1.29 is 8.42 Å². The number of benzene rings is 2. The summed E-state index contributed by atoms with van der Waals surface area (Å²) in [5.41, 5.74) is 0.705. The summed E-state index contributed by atoms with van der Waals surface area (Å²) in [7, 11) is -3.71. The number of nitrogens with two attached hydrogens (primary N) is 1. The molecule has 136 valence electrons. The summed E-state index contributed by atoms with van der Waals surface area (Å²) >= 11 is 1.84. The van der Waals surface area contributed by atoms with Gasteiger partial charge < -0.3 is 4.90 Å². The van der Waals surface area contributed by atoms with Gasteiger partial charge in [0.15, 0.2) is 0 Å². The van der Waals surface area contributed by atoms with Gasteiger partial charge >= 0.3 is 0 Å². The molecular formula is C19H21N3O2S2. The second-order valence-electron chi connectivity index (χ2n) is 6.53. The summed E-state index contributed by atoms with van der Waals surface area (Å²) in [4.78, 5) is 6.10. The molecule has 0 unspecified atom stereocenters. The van der Waals surface area contributed by atoms with Crippen molar-refractivity contribution in [3.8, 4) is 0 Å². The molecule has 0 aliphatic carbocycles. The van der Waals surface area contributed by atoms with Crippen LogP contribution in [-0.2, 0) is 16.6 Å². The van der Waals surface area contributed by atoms with Crippen LogP contribution in [0.3, 0.4) is 0 Å². The van der Waals surface area contributed by atoms with Crippen LogP contribution >= 0.6 is 11.3 Å². The molecule has 3 aromatic rings. The number of thiophene rings is 1. The van der Waals surface area contributed by atoms with Crippen LogP contribution in [-0.4, -0.2) is 39.5 Å². The summed E-state index contributed by atoms with van der Waals surface area (Å²) in [6, 6.07) is 17.7. The fourth-order valence-corrected chi connectivity index (χ4v) is 5.30. The molecule has 2 N–H and O–H groups in total. The van der Waals surface area contributed by atoms with E-state index in [4.69, 9.17) is 5.14 Å². The second-order valence-corrected chi connectivity index (χ2v) is 9.22. The molecule has 1 aliphatic heterocycles. The summed E-state index contributed by atoms with van der Waals surface area (Å²) in [6.07, 6.45) is 0. The van der Waals surface area contributed by atoms with E-state index in [0.29, 0.717) is 5.69 Å². The number of nitrogens with zero attached hydrogens (tertiary/aromatic N) is 2. The Hall–Kier alpha value is -1.93. The number of sulfonamides is 1. The first-order chi connectivity index (χ1) is 12.5. The Bertz CT molecular complexity index is 989. The molecule has 0 bridgehead atoms. The summed E-state index contributed by atoms with van der Waals surface area (Å²) in [5.74, 6) is 0. The monoisotopic (exact) mass is 387 g/mol. The van der Waals surface area contributed by atoms with E-state index in [0.717, 1.165) is 32.7 Å². The van der Waals surface area contributed by atoms with Crippen LogP contribution < -0.4 is 10.0 Å². The number of para-hydroxylation sites is 1. The Balaban J connectivity index is 1.45. The van der Waals surface area contributed by atoms with E-state index in [2.05, 4.69) is 40.1 Å². The Morgan fingerprint density at radius 1 is 0.962 bits per heavy atom. The molecule has 0 saturated carbocycles. The first-order valence-corrected chi connectivity index (χ1v) is 10.9. The Morgan fingerprint density at radius 2 is 1.65 bits per heavy atom. The largest absolute Gasteiger partial charge is 0.368 e. The minimum Gasteiger partial charge on any atom is -0.368 e. The molecule has 2 heterocycles. The number of fused-ring (bicyclic) bond motifs is 1. The van der Waals surface area contributed by atoms with Gasteiger partial charge in [-0.3, -0.25) is 4.90 Å². The fourth-order valence-electron chi connectivity index (χ4n) is 3.44. The van der Waals surface area contributed by atoms with Gasteiger partial charge in [0, 0.05) is 42.3 Å². The van der Waals surface area contributed by atoms with Crippen molar-refractivity contribution in [3.63, 3.8) is 0 Å². The van der Waals surface area contributed by atoms with Gasteiger partial charge in [0.2, 0.25) is 10.0 Å². The first-order valence-electron chi connectivity index (χ1n) is 8.57. The van der Waals surface area contributed by atoms with Crippen molar-refractivity contribution in [2.75, 3.05) is 31.1 Å². The standard InChI is InChI=1S/C19H21N3O2S2/c20-26(23,24)19-8-4-2-6-17(19)22-11-9-21(10-12-22)14-16-13-15-5-1-3-7-18(15)25-16/h1-8,13H,9-12,14H2,(H2,20,23,24). The molecule has 0 amide bonds. The molecule has 7 heteroatoms. The Kier molecular flexibility index (Phi) is 4.71. The van der Waals surface area contributed by atoms with E-state index >= 15 is 0 Å². The van der Waals surface area contributed by atoms with Crippen LogP contribution in [0.25, 0.3) is 10.1 Å². The van der Waals surface area contributed by atoms with Crippen LogP contribution in [0.1, 0.15) is 4.88 Å². The minimum atomic E-state index is -3.71. The zero-order valence-electron chi connectivity index (χ0n) is 14.3. The normalized spacial score (nSPS) is 16.3. The topological polar surface area (TPSA) is 66.6 Å². The third-order valence-electron chi connectivity index (χ3n) is 4.74. The number of anilines is 1. The van der Waals surface area contributed by atoms with E-state index in [-0.39, 0.29) is 4.90 Å². The van der Waals surface area contributed by atoms with Crippen molar-refractivity contribution in [1.82, 2.24) is 4.90 Å². The van der Waals surface area contributed by atoms with Crippen LogP contribution in [0, 0.1) is 0 Å². The third-order valence-corrected chi connectivity index (χ3v) is 6.80. The molecule has 1 saturated heterocycles. The van der Waals surface area contributed by atoms with Gasteiger partial charge in [-0.1, -0.05) is 30.3 Å². The average Bonchev–Trinajstić information content (AvgIpc) is 3.04. The highest BCUT2D eigenvalue weighted by atomic mass is 32.2. The number of hydrogen-bond acceptors (Lipinski definition) is 5. The van der Waals surface area contributed by atoms with Gasteiger partial charge in [-0.15, -0.1) is 11.3 Å². The smallest absolute Gasteiger partial charge is 0.240 e. The lowest BCUT2D eigenvalue weighted by molar-refractivity contribution is 0.251.